The fraction of sp³-hybridized carbons (Fsp3) is 0.167. The SMILES string of the molecule is Cc1ccc(C)c2c1C=CNC2=C=O. The molecule has 2 heteroatoms. The molecule has 0 saturated carbocycles. The molecule has 14 heavy (non-hydrogen) atoms. The molecule has 1 aromatic carbocycles. The van der Waals surface area contributed by atoms with Crippen LogP contribution in [0.4, 0.5) is 0 Å². The molecule has 0 unspecified atom stereocenters. The predicted molar refractivity (Wildman–Crippen MR) is 57.2 cm³/mol. The second kappa shape index (κ2) is 3.17. The zero-order valence-electron chi connectivity index (χ0n) is 8.22. The van der Waals surface area contributed by atoms with Crippen molar-refractivity contribution in [3.05, 3.63) is 40.6 Å². The average molecular weight is 185 g/mol. The number of aryl methyl sites for hydroxylation is 2. The van der Waals surface area contributed by atoms with Gasteiger partial charge in [-0.25, -0.2) is 4.79 Å². The Hall–Kier alpha value is -1.79. The van der Waals surface area contributed by atoms with E-state index in [-0.39, 0.29) is 0 Å². The summed E-state index contributed by atoms with van der Waals surface area (Å²) in [4.78, 5) is 10.7. The number of hydrogen-bond acceptors (Lipinski definition) is 2. The van der Waals surface area contributed by atoms with Gasteiger partial charge in [0.2, 0.25) is 0 Å². The van der Waals surface area contributed by atoms with Crippen molar-refractivity contribution < 1.29 is 4.79 Å². The van der Waals surface area contributed by atoms with Gasteiger partial charge in [-0.15, -0.1) is 0 Å². The summed E-state index contributed by atoms with van der Waals surface area (Å²) in [5, 5.41) is 2.91. The van der Waals surface area contributed by atoms with E-state index in [4.69, 9.17) is 0 Å². The molecule has 2 rings (SSSR count). The Morgan fingerprint density at radius 3 is 2.64 bits per heavy atom. The minimum Gasteiger partial charge on any atom is -0.352 e. The van der Waals surface area contributed by atoms with Gasteiger partial charge >= 0.3 is 0 Å². The molecule has 0 saturated heterocycles. The Labute approximate surface area is 82.9 Å². The minimum absolute atomic E-state index is 0.531. The summed E-state index contributed by atoms with van der Waals surface area (Å²) in [6.45, 7) is 4.03. The summed E-state index contributed by atoms with van der Waals surface area (Å²) in [6.07, 6.45) is 3.76. The number of carbonyl (C=O) groups excluding carboxylic acids is 1. The lowest BCUT2D eigenvalue weighted by atomic mass is 9.93. The van der Waals surface area contributed by atoms with Crippen LogP contribution in [0.15, 0.2) is 18.3 Å². The summed E-state index contributed by atoms with van der Waals surface area (Å²) < 4.78 is 0. The summed E-state index contributed by atoms with van der Waals surface area (Å²) in [5.74, 6) is 1.93. The van der Waals surface area contributed by atoms with Gasteiger partial charge in [-0.05, 0) is 36.6 Å². The zero-order valence-corrected chi connectivity index (χ0v) is 8.22. The van der Waals surface area contributed by atoms with E-state index < -0.39 is 0 Å². The third-order valence-electron chi connectivity index (χ3n) is 2.50. The number of nitrogens with one attached hydrogen (secondary N) is 1. The van der Waals surface area contributed by atoms with E-state index in [0.717, 1.165) is 16.7 Å². The van der Waals surface area contributed by atoms with Crippen LogP contribution in [0.3, 0.4) is 0 Å². The van der Waals surface area contributed by atoms with Crippen LogP contribution in [0, 0.1) is 13.8 Å². The van der Waals surface area contributed by atoms with Crippen LogP contribution >= 0.6 is 0 Å². The molecule has 0 amide bonds. The standard InChI is InChI=1S/C12H11NO/c1-8-3-4-9(2)12-10(8)5-6-13-11(12)7-14/h3-6,13H,1-2H3. The fourth-order valence-corrected chi connectivity index (χ4v) is 1.74. The molecule has 1 heterocycles. The number of rotatable bonds is 0. The normalized spacial score (nSPS) is 13.1. The van der Waals surface area contributed by atoms with E-state index in [1.165, 1.54) is 5.56 Å². The second-order valence-corrected chi connectivity index (χ2v) is 3.44. The van der Waals surface area contributed by atoms with E-state index in [0.29, 0.717) is 5.70 Å². The Morgan fingerprint density at radius 2 is 1.93 bits per heavy atom. The summed E-state index contributed by atoms with van der Waals surface area (Å²) in [6, 6.07) is 4.08. The quantitative estimate of drug-likeness (QED) is 0.627. The highest BCUT2D eigenvalue weighted by Crippen LogP contribution is 2.27. The maximum Gasteiger partial charge on any atom is 0.151 e. The Morgan fingerprint density at radius 1 is 1.21 bits per heavy atom. The number of fused-ring (bicyclic) bond motifs is 1. The smallest absolute Gasteiger partial charge is 0.151 e. The molecule has 2 nitrogen and oxygen atoms in total. The van der Waals surface area contributed by atoms with Crippen LogP contribution in [0.2, 0.25) is 0 Å². The molecule has 1 aliphatic rings. The first-order valence-electron chi connectivity index (χ1n) is 4.53. The average Bonchev–Trinajstić information content (AvgIpc) is 2.23. The molecular weight excluding hydrogens is 174 g/mol. The lowest BCUT2D eigenvalue weighted by Crippen LogP contribution is -2.12. The van der Waals surface area contributed by atoms with Crippen LogP contribution in [0.1, 0.15) is 22.3 Å². The second-order valence-electron chi connectivity index (χ2n) is 3.44. The van der Waals surface area contributed by atoms with Crippen LogP contribution < -0.4 is 5.32 Å². The van der Waals surface area contributed by atoms with Crippen molar-refractivity contribution in [1.29, 1.82) is 0 Å². The van der Waals surface area contributed by atoms with Crippen molar-refractivity contribution in [1.82, 2.24) is 5.32 Å². The van der Waals surface area contributed by atoms with Crippen molar-refractivity contribution in [3.63, 3.8) is 0 Å². The largest absolute Gasteiger partial charge is 0.352 e. The molecule has 1 aliphatic heterocycles. The maximum absolute atomic E-state index is 10.7. The van der Waals surface area contributed by atoms with Crippen LogP contribution in [-0.4, -0.2) is 5.94 Å². The fourth-order valence-electron chi connectivity index (χ4n) is 1.74. The van der Waals surface area contributed by atoms with E-state index in [9.17, 15) is 4.79 Å². The molecule has 70 valence electrons. The van der Waals surface area contributed by atoms with Crippen molar-refractivity contribution in [2.24, 2.45) is 0 Å². The monoisotopic (exact) mass is 185 g/mol. The molecule has 0 spiro atoms. The van der Waals surface area contributed by atoms with E-state index in [1.807, 2.05) is 31.9 Å². The highest BCUT2D eigenvalue weighted by atomic mass is 16.1. The highest BCUT2D eigenvalue weighted by Gasteiger charge is 2.14. The van der Waals surface area contributed by atoms with Crippen LogP contribution in [-0.2, 0) is 4.79 Å². The Bertz CT molecular complexity index is 465. The van der Waals surface area contributed by atoms with E-state index >= 15 is 0 Å². The topological polar surface area (TPSA) is 29.1 Å². The first-order valence-corrected chi connectivity index (χ1v) is 4.53. The van der Waals surface area contributed by atoms with Gasteiger partial charge in [0.05, 0.1) is 0 Å². The third kappa shape index (κ3) is 1.17. The van der Waals surface area contributed by atoms with Crippen molar-refractivity contribution >= 4 is 17.7 Å². The lowest BCUT2D eigenvalue weighted by Gasteiger charge is -2.17. The van der Waals surface area contributed by atoms with Gasteiger partial charge in [-0.3, -0.25) is 0 Å². The van der Waals surface area contributed by atoms with Crippen LogP contribution in [0.25, 0.3) is 11.8 Å². The van der Waals surface area contributed by atoms with E-state index in [2.05, 4.69) is 11.4 Å². The summed E-state index contributed by atoms with van der Waals surface area (Å²) >= 11 is 0. The Balaban J connectivity index is 2.81. The molecule has 0 bridgehead atoms. The van der Waals surface area contributed by atoms with Crippen molar-refractivity contribution in [2.45, 2.75) is 13.8 Å². The van der Waals surface area contributed by atoms with Crippen molar-refractivity contribution in [3.8, 4) is 0 Å². The van der Waals surface area contributed by atoms with E-state index in [1.54, 1.807) is 6.20 Å². The van der Waals surface area contributed by atoms with Gasteiger partial charge in [0.15, 0.2) is 5.94 Å². The van der Waals surface area contributed by atoms with Gasteiger partial charge in [0, 0.05) is 11.8 Å². The van der Waals surface area contributed by atoms with Gasteiger partial charge in [0.1, 0.15) is 5.70 Å². The summed E-state index contributed by atoms with van der Waals surface area (Å²) in [7, 11) is 0. The van der Waals surface area contributed by atoms with Crippen LogP contribution in [0.5, 0.6) is 0 Å². The molecule has 0 atom stereocenters. The molecule has 0 aromatic heterocycles. The molecule has 0 aliphatic carbocycles. The molecule has 1 aromatic rings. The van der Waals surface area contributed by atoms with Crippen molar-refractivity contribution in [2.75, 3.05) is 0 Å². The molecule has 1 N–H and O–H groups in total. The van der Waals surface area contributed by atoms with Gasteiger partial charge < -0.3 is 5.32 Å². The minimum atomic E-state index is 0.531. The zero-order chi connectivity index (χ0) is 10.1. The highest BCUT2D eigenvalue weighted by molar-refractivity contribution is 5.93. The van der Waals surface area contributed by atoms with Gasteiger partial charge in [0.25, 0.3) is 0 Å². The van der Waals surface area contributed by atoms with Gasteiger partial charge in [-0.1, -0.05) is 12.1 Å². The number of benzene rings is 1. The third-order valence-corrected chi connectivity index (χ3v) is 2.50. The first kappa shape index (κ1) is 8.79. The van der Waals surface area contributed by atoms with Gasteiger partial charge in [-0.2, -0.15) is 0 Å². The number of hydrogen-bond donors (Lipinski definition) is 1. The summed E-state index contributed by atoms with van der Waals surface area (Å²) in [5.41, 5.74) is 4.89. The maximum atomic E-state index is 10.7. The Kier molecular flexibility index (Phi) is 1.99. The molecular formula is C12H11NO. The molecule has 0 fully saturated rings. The predicted octanol–water partition coefficient (Wildman–Crippen LogP) is 2.05. The molecule has 0 radical (unpaired) electrons. The lowest BCUT2D eigenvalue weighted by molar-refractivity contribution is 0.569. The first-order chi connectivity index (χ1) is 6.74.